The molecule has 0 atom stereocenters. The summed E-state index contributed by atoms with van der Waals surface area (Å²) in [5.74, 6) is -0.200. The Kier molecular flexibility index (Phi) is 3.96. The van der Waals surface area contributed by atoms with E-state index in [-0.39, 0.29) is 24.7 Å². The van der Waals surface area contributed by atoms with Crippen molar-refractivity contribution in [2.24, 2.45) is 0 Å². The maximum absolute atomic E-state index is 12.8. The van der Waals surface area contributed by atoms with Crippen LogP contribution in [0.4, 0.5) is 0 Å². The Bertz CT molecular complexity index is 1140. The van der Waals surface area contributed by atoms with E-state index in [0.29, 0.717) is 12.2 Å². The third kappa shape index (κ3) is 2.83. The second kappa shape index (κ2) is 6.43. The first-order chi connectivity index (χ1) is 12.6. The van der Waals surface area contributed by atoms with Crippen molar-refractivity contribution >= 4 is 22.5 Å². The van der Waals surface area contributed by atoms with Crippen molar-refractivity contribution in [3.05, 3.63) is 59.0 Å². The summed E-state index contributed by atoms with van der Waals surface area (Å²) < 4.78 is 4.42. The van der Waals surface area contributed by atoms with Gasteiger partial charge in [-0.25, -0.2) is 23.5 Å². The third-order valence-corrected chi connectivity index (χ3v) is 4.16. The van der Waals surface area contributed by atoms with Gasteiger partial charge in [-0.15, -0.1) is 5.10 Å². The number of rotatable bonds is 5. The van der Waals surface area contributed by atoms with Gasteiger partial charge in [0.15, 0.2) is 5.65 Å². The van der Waals surface area contributed by atoms with Gasteiger partial charge in [0.1, 0.15) is 19.2 Å². The van der Waals surface area contributed by atoms with Crippen molar-refractivity contribution in [3.8, 4) is 0 Å². The van der Waals surface area contributed by atoms with Crippen LogP contribution in [0.25, 0.3) is 16.6 Å². The fourth-order valence-corrected chi connectivity index (χ4v) is 2.96. The molecule has 0 aliphatic heterocycles. The van der Waals surface area contributed by atoms with Crippen molar-refractivity contribution in [3.63, 3.8) is 0 Å². The molecule has 0 radical (unpaired) electrons. The summed E-state index contributed by atoms with van der Waals surface area (Å²) in [5, 5.41) is 12.0. The zero-order valence-electron chi connectivity index (χ0n) is 14.2. The monoisotopic (exact) mass is 351 g/mol. The highest BCUT2D eigenvalue weighted by Crippen LogP contribution is 2.17. The number of aromatic nitrogens is 6. The predicted molar refractivity (Wildman–Crippen MR) is 94.7 cm³/mol. The molecule has 0 bridgehead atoms. The first kappa shape index (κ1) is 16.0. The first-order valence-corrected chi connectivity index (χ1v) is 8.20. The molecule has 1 N–H and O–H groups in total. The summed E-state index contributed by atoms with van der Waals surface area (Å²) in [6.45, 7) is 2.61. The van der Waals surface area contributed by atoms with Crippen LogP contribution in [0.1, 0.15) is 5.56 Å². The summed E-state index contributed by atoms with van der Waals surface area (Å²) in [7, 11) is 0. The highest BCUT2D eigenvalue weighted by atomic mass is 16.2. The van der Waals surface area contributed by atoms with Gasteiger partial charge in [-0.05, 0) is 30.0 Å². The topological polar surface area (TPSA) is 99.1 Å². The first-order valence-electron chi connectivity index (χ1n) is 8.20. The quantitative estimate of drug-likeness (QED) is 0.560. The van der Waals surface area contributed by atoms with E-state index in [2.05, 4.69) is 20.5 Å². The Balaban J connectivity index is 1.55. The number of nitrogens with zero attached hydrogens (tertiary/aromatic N) is 6. The number of carbonyl (C=O) groups excluding carboxylic acids is 1. The fraction of sp³-hybridized carbons (Fsp3) is 0.235. The number of fused-ring (bicyclic) bond motifs is 3. The number of amides is 1. The van der Waals surface area contributed by atoms with Crippen LogP contribution in [-0.2, 0) is 17.9 Å². The maximum atomic E-state index is 12.8. The number of hydrogen-bond donors (Lipinski definition) is 1. The molecule has 26 heavy (non-hydrogen) atoms. The summed E-state index contributed by atoms with van der Waals surface area (Å²) in [6.07, 6.45) is 2.84. The van der Waals surface area contributed by atoms with Crippen LogP contribution in [0.2, 0.25) is 0 Å². The fourth-order valence-electron chi connectivity index (χ4n) is 2.96. The molecule has 1 amide bonds. The molecule has 0 unspecified atom stereocenters. The van der Waals surface area contributed by atoms with E-state index in [0.717, 1.165) is 16.5 Å². The van der Waals surface area contributed by atoms with Crippen LogP contribution in [0.3, 0.4) is 0 Å². The Labute approximate surface area is 147 Å². The largest absolute Gasteiger partial charge is 0.353 e. The van der Waals surface area contributed by atoms with Gasteiger partial charge in [-0.3, -0.25) is 4.79 Å². The molecule has 0 spiro atoms. The molecular weight excluding hydrogens is 334 g/mol. The van der Waals surface area contributed by atoms with E-state index in [4.69, 9.17) is 0 Å². The molecule has 0 saturated heterocycles. The molecule has 0 aliphatic rings. The lowest BCUT2D eigenvalue weighted by atomic mass is 10.1. The van der Waals surface area contributed by atoms with Crippen molar-refractivity contribution < 1.29 is 4.79 Å². The number of para-hydroxylation sites is 1. The van der Waals surface area contributed by atoms with Crippen molar-refractivity contribution in [1.29, 1.82) is 0 Å². The van der Waals surface area contributed by atoms with E-state index in [1.165, 1.54) is 22.0 Å². The van der Waals surface area contributed by atoms with E-state index >= 15 is 0 Å². The SMILES string of the molecule is Cc1cc2ccccc2n2c(=O)n(CCNC(=O)Cn3cncn3)nc12. The highest BCUT2D eigenvalue weighted by Gasteiger charge is 2.12. The summed E-state index contributed by atoms with van der Waals surface area (Å²) >= 11 is 0. The molecule has 9 nitrogen and oxygen atoms in total. The smallest absolute Gasteiger partial charge is 0.350 e. The zero-order valence-corrected chi connectivity index (χ0v) is 14.2. The Hall–Kier alpha value is -3.49. The maximum Gasteiger partial charge on any atom is 0.350 e. The van der Waals surface area contributed by atoms with Gasteiger partial charge in [0.05, 0.1) is 12.1 Å². The third-order valence-electron chi connectivity index (χ3n) is 4.16. The van der Waals surface area contributed by atoms with Crippen LogP contribution in [-0.4, -0.2) is 41.4 Å². The predicted octanol–water partition coefficient (Wildman–Crippen LogP) is 0.366. The number of hydrogen-bond acceptors (Lipinski definition) is 5. The molecule has 1 aromatic carbocycles. The van der Waals surface area contributed by atoms with E-state index in [1.54, 1.807) is 4.40 Å². The van der Waals surface area contributed by atoms with E-state index < -0.39 is 0 Å². The number of pyridine rings is 1. The second-order valence-corrected chi connectivity index (χ2v) is 5.99. The van der Waals surface area contributed by atoms with Crippen LogP contribution in [0.15, 0.2) is 47.8 Å². The molecule has 0 saturated carbocycles. The van der Waals surface area contributed by atoms with Gasteiger partial charge in [0.2, 0.25) is 5.91 Å². The summed E-state index contributed by atoms with van der Waals surface area (Å²) in [5.41, 5.74) is 2.16. The molecule has 0 fully saturated rings. The number of nitrogens with one attached hydrogen (secondary N) is 1. The minimum absolute atomic E-state index is 0.0871. The van der Waals surface area contributed by atoms with Crippen molar-refractivity contribution in [2.45, 2.75) is 20.0 Å². The molecular formula is C17H17N7O2. The van der Waals surface area contributed by atoms with E-state index in [9.17, 15) is 9.59 Å². The average Bonchev–Trinajstić information content (AvgIpc) is 3.24. The van der Waals surface area contributed by atoms with Gasteiger partial charge >= 0.3 is 5.69 Å². The Morgan fingerprint density at radius 2 is 2.12 bits per heavy atom. The second-order valence-electron chi connectivity index (χ2n) is 5.99. The number of benzene rings is 1. The Morgan fingerprint density at radius 1 is 1.27 bits per heavy atom. The molecule has 3 heterocycles. The van der Waals surface area contributed by atoms with Gasteiger partial charge in [-0.2, -0.15) is 5.10 Å². The van der Waals surface area contributed by atoms with Gasteiger partial charge in [0.25, 0.3) is 0 Å². The lowest BCUT2D eigenvalue weighted by Gasteiger charge is -2.04. The lowest BCUT2D eigenvalue weighted by molar-refractivity contribution is -0.121. The van der Waals surface area contributed by atoms with Crippen LogP contribution < -0.4 is 11.0 Å². The number of aryl methyl sites for hydroxylation is 1. The van der Waals surface area contributed by atoms with Crippen LogP contribution >= 0.6 is 0 Å². The summed E-state index contributed by atoms with van der Waals surface area (Å²) in [4.78, 5) is 28.4. The van der Waals surface area contributed by atoms with Gasteiger partial charge < -0.3 is 5.32 Å². The van der Waals surface area contributed by atoms with Crippen LogP contribution in [0.5, 0.6) is 0 Å². The molecule has 0 aliphatic carbocycles. The number of carbonyl (C=O) groups is 1. The van der Waals surface area contributed by atoms with Crippen molar-refractivity contribution in [1.82, 2.24) is 34.3 Å². The van der Waals surface area contributed by atoms with Gasteiger partial charge in [-0.1, -0.05) is 18.2 Å². The lowest BCUT2D eigenvalue weighted by Crippen LogP contribution is -2.33. The minimum Gasteiger partial charge on any atom is -0.353 e. The molecule has 9 heteroatoms. The summed E-state index contributed by atoms with van der Waals surface area (Å²) in [6, 6.07) is 9.71. The Morgan fingerprint density at radius 3 is 2.92 bits per heavy atom. The zero-order chi connectivity index (χ0) is 18.1. The van der Waals surface area contributed by atoms with E-state index in [1.807, 2.05) is 37.3 Å². The molecule has 4 rings (SSSR count). The van der Waals surface area contributed by atoms with Gasteiger partial charge in [0, 0.05) is 6.54 Å². The standard InChI is InChI=1S/C17H17N7O2/c1-12-8-13-4-2-3-5-14(13)24-16(12)21-23(17(24)26)7-6-19-15(25)9-22-11-18-10-20-22/h2-5,8,10-11H,6-7,9H2,1H3,(H,19,25). The normalized spacial score (nSPS) is 11.3. The minimum atomic E-state index is -0.217. The average molecular weight is 351 g/mol. The molecule has 132 valence electrons. The molecule has 3 aromatic heterocycles. The van der Waals surface area contributed by atoms with Crippen LogP contribution in [0, 0.1) is 6.92 Å². The highest BCUT2D eigenvalue weighted by molar-refractivity contribution is 5.83. The molecule has 4 aromatic rings. The van der Waals surface area contributed by atoms with Crippen molar-refractivity contribution in [2.75, 3.05) is 6.54 Å².